The number of anilines is 1. The Balaban J connectivity index is 1.76. The Morgan fingerprint density at radius 2 is 1.83 bits per heavy atom. The van der Waals surface area contributed by atoms with Crippen LogP contribution in [0.15, 0.2) is 18.5 Å². The predicted octanol–water partition coefficient (Wildman–Crippen LogP) is -1.09. The molecule has 2 heterocycles. The van der Waals surface area contributed by atoms with E-state index in [9.17, 15) is 13.2 Å². The molecule has 0 atom stereocenters. The third-order valence-electron chi connectivity index (χ3n) is 3.57. The minimum Gasteiger partial charge on any atom is -0.339 e. The van der Waals surface area contributed by atoms with Gasteiger partial charge in [-0.05, 0) is 6.07 Å². The van der Waals surface area contributed by atoms with E-state index in [1.165, 1.54) is 14.1 Å². The summed E-state index contributed by atoms with van der Waals surface area (Å²) in [5.41, 5.74) is 0. The van der Waals surface area contributed by atoms with Crippen LogP contribution < -0.4 is 9.62 Å². The monoisotopic (exact) mass is 342 g/mol. The molecule has 0 radical (unpaired) electrons. The number of aromatic nitrogens is 2. The molecule has 0 bridgehead atoms. The topological polar surface area (TPSA) is 98.7 Å². The average Bonchev–Trinajstić information content (AvgIpc) is 2.55. The molecule has 0 saturated carbocycles. The Kier molecular flexibility index (Phi) is 5.85. The third-order valence-corrected chi connectivity index (χ3v) is 5.10. The summed E-state index contributed by atoms with van der Waals surface area (Å²) in [6.45, 7) is 2.59. The highest BCUT2D eigenvalue weighted by atomic mass is 32.2. The van der Waals surface area contributed by atoms with E-state index in [0.717, 1.165) is 4.31 Å². The first kappa shape index (κ1) is 17.6. The Hall–Kier alpha value is -1.78. The van der Waals surface area contributed by atoms with Crippen LogP contribution >= 0.6 is 0 Å². The van der Waals surface area contributed by atoms with Gasteiger partial charge in [-0.15, -0.1) is 0 Å². The molecule has 9 nitrogen and oxygen atoms in total. The molecule has 10 heteroatoms. The van der Waals surface area contributed by atoms with Crippen LogP contribution in [0.1, 0.15) is 6.42 Å². The van der Waals surface area contributed by atoms with Crippen molar-refractivity contribution in [1.82, 2.24) is 23.9 Å². The molecule has 1 aromatic rings. The predicted molar refractivity (Wildman–Crippen MR) is 86.1 cm³/mol. The van der Waals surface area contributed by atoms with E-state index in [1.54, 1.807) is 23.4 Å². The Morgan fingerprint density at radius 1 is 1.22 bits per heavy atom. The second-order valence-corrected chi connectivity index (χ2v) is 7.32. The van der Waals surface area contributed by atoms with E-state index in [-0.39, 0.29) is 18.9 Å². The standard InChI is InChI=1S/C13H22N6O3S/c1-17(2)23(21,22)16-7-4-12(20)18-8-10-19(11-9-18)13-14-5-3-6-15-13/h3,5-6,16H,4,7-11H2,1-2H3. The van der Waals surface area contributed by atoms with Crippen molar-refractivity contribution in [2.75, 3.05) is 51.7 Å². The van der Waals surface area contributed by atoms with Crippen LogP contribution in [0.3, 0.4) is 0 Å². The van der Waals surface area contributed by atoms with Crippen LogP contribution in [0.2, 0.25) is 0 Å². The molecular weight excluding hydrogens is 320 g/mol. The minimum atomic E-state index is -3.48. The van der Waals surface area contributed by atoms with E-state index in [1.807, 2.05) is 4.90 Å². The summed E-state index contributed by atoms with van der Waals surface area (Å²) >= 11 is 0. The number of hydrogen-bond donors (Lipinski definition) is 1. The highest BCUT2D eigenvalue weighted by molar-refractivity contribution is 7.87. The maximum atomic E-state index is 12.1. The molecule has 1 N–H and O–H groups in total. The summed E-state index contributed by atoms with van der Waals surface area (Å²) in [4.78, 5) is 24.3. The fourth-order valence-electron chi connectivity index (χ4n) is 2.18. The summed E-state index contributed by atoms with van der Waals surface area (Å²) in [6.07, 6.45) is 3.53. The summed E-state index contributed by atoms with van der Waals surface area (Å²) in [7, 11) is -0.603. The fraction of sp³-hybridized carbons (Fsp3) is 0.615. The highest BCUT2D eigenvalue weighted by Gasteiger charge is 2.22. The lowest BCUT2D eigenvalue weighted by Gasteiger charge is -2.34. The summed E-state index contributed by atoms with van der Waals surface area (Å²) in [6, 6.07) is 1.76. The number of carbonyl (C=O) groups excluding carboxylic acids is 1. The van der Waals surface area contributed by atoms with E-state index in [2.05, 4.69) is 14.7 Å². The van der Waals surface area contributed by atoms with Crippen LogP contribution in [-0.2, 0) is 15.0 Å². The van der Waals surface area contributed by atoms with Gasteiger partial charge in [-0.1, -0.05) is 0 Å². The van der Waals surface area contributed by atoms with Crippen LogP contribution in [-0.4, -0.2) is 80.3 Å². The molecule has 1 saturated heterocycles. The molecular formula is C13H22N6O3S. The van der Waals surface area contributed by atoms with Crippen molar-refractivity contribution in [2.45, 2.75) is 6.42 Å². The lowest BCUT2D eigenvalue weighted by atomic mass is 10.3. The molecule has 23 heavy (non-hydrogen) atoms. The molecule has 0 aromatic carbocycles. The molecule has 2 rings (SSSR count). The third kappa shape index (κ3) is 4.85. The molecule has 128 valence electrons. The first-order valence-electron chi connectivity index (χ1n) is 7.37. The first-order chi connectivity index (χ1) is 10.9. The zero-order valence-corrected chi connectivity index (χ0v) is 14.2. The molecule has 0 spiro atoms. The van der Waals surface area contributed by atoms with Gasteiger partial charge in [0.2, 0.25) is 11.9 Å². The molecule has 0 unspecified atom stereocenters. The molecule has 1 amide bonds. The van der Waals surface area contributed by atoms with Crippen molar-refractivity contribution in [1.29, 1.82) is 0 Å². The average molecular weight is 342 g/mol. The van der Waals surface area contributed by atoms with Crippen molar-refractivity contribution in [3.8, 4) is 0 Å². The molecule has 1 aliphatic rings. The largest absolute Gasteiger partial charge is 0.339 e. The van der Waals surface area contributed by atoms with E-state index >= 15 is 0 Å². The zero-order valence-electron chi connectivity index (χ0n) is 13.3. The molecule has 1 fully saturated rings. The number of rotatable bonds is 6. The minimum absolute atomic E-state index is 0.0555. The lowest BCUT2D eigenvalue weighted by Crippen LogP contribution is -2.49. The Labute approximate surface area is 136 Å². The zero-order chi connectivity index (χ0) is 16.9. The maximum Gasteiger partial charge on any atom is 0.278 e. The van der Waals surface area contributed by atoms with E-state index < -0.39 is 10.2 Å². The summed E-state index contributed by atoms with van der Waals surface area (Å²) in [5, 5.41) is 0. The number of carbonyl (C=O) groups is 1. The maximum absolute atomic E-state index is 12.1. The second kappa shape index (κ2) is 7.66. The van der Waals surface area contributed by atoms with Crippen molar-refractivity contribution < 1.29 is 13.2 Å². The van der Waals surface area contributed by atoms with Gasteiger partial charge < -0.3 is 9.80 Å². The number of nitrogens with zero attached hydrogens (tertiary/aromatic N) is 5. The van der Waals surface area contributed by atoms with E-state index in [4.69, 9.17) is 0 Å². The second-order valence-electron chi connectivity index (χ2n) is 5.35. The van der Waals surface area contributed by atoms with Crippen molar-refractivity contribution >= 4 is 22.1 Å². The number of piperazine rings is 1. The van der Waals surface area contributed by atoms with Crippen LogP contribution in [0.5, 0.6) is 0 Å². The SMILES string of the molecule is CN(C)S(=O)(=O)NCCC(=O)N1CCN(c2ncccn2)CC1. The van der Waals surface area contributed by atoms with Crippen molar-refractivity contribution in [3.05, 3.63) is 18.5 Å². The lowest BCUT2D eigenvalue weighted by molar-refractivity contribution is -0.131. The molecule has 1 aliphatic heterocycles. The van der Waals surface area contributed by atoms with Gasteiger partial charge in [0.05, 0.1) is 0 Å². The van der Waals surface area contributed by atoms with E-state index in [0.29, 0.717) is 32.1 Å². The van der Waals surface area contributed by atoms with Gasteiger partial charge >= 0.3 is 0 Å². The van der Waals surface area contributed by atoms with Crippen LogP contribution in [0, 0.1) is 0 Å². The van der Waals surface area contributed by atoms with Gasteiger partial charge in [-0.25, -0.2) is 14.7 Å². The summed E-state index contributed by atoms with van der Waals surface area (Å²) < 4.78 is 26.6. The highest BCUT2D eigenvalue weighted by Crippen LogP contribution is 2.10. The Bertz CT molecular complexity index is 614. The smallest absolute Gasteiger partial charge is 0.278 e. The number of nitrogens with one attached hydrogen (secondary N) is 1. The van der Waals surface area contributed by atoms with Gasteiger partial charge in [0.15, 0.2) is 0 Å². The van der Waals surface area contributed by atoms with Crippen molar-refractivity contribution in [2.24, 2.45) is 0 Å². The van der Waals surface area contributed by atoms with Crippen LogP contribution in [0.25, 0.3) is 0 Å². The summed E-state index contributed by atoms with van der Waals surface area (Å²) in [5.74, 6) is 0.610. The molecule has 0 aliphatic carbocycles. The molecule has 1 aromatic heterocycles. The van der Waals surface area contributed by atoms with Gasteiger partial charge in [0, 0.05) is 65.6 Å². The fourth-order valence-corrected chi connectivity index (χ4v) is 2.80. The van der Waals surface area contributed by atoms with Crippen molar-refractivity contribution in [3.63, 3.8) is 0 Å². The Morgan fingerprint density at radius 3 is 2.39 bits per heavy atom. The van der Waals surface area contributed by atoms with Gasteiger partial charge in [-0.2, -0.15) is 12.7 Å². The normalized spacial score (nSPS) is 16.0. The van der Waals surface area contributed by atoms with Gasteiger partial charge in [0.25, 0.3) is 10.2 Å². The quantitative estimate of drug-likeness (QED) is 0.705. The van der Waals surface area contributed by atoms with Gasteiger partial charge in [0.1, 0.15) is 0 Å². The number of hydrogen-bond acceptors (Lipinski definition) is 6. The first-order valence-corrected chi connectivity index (χ1v) is 8.81. The van der Waals surface area contributed by atoms with Crippen LogP contribution in [0.4, 0.5) is 5.95 Å². The number of amides is 1. The van der Waals surface area contributed by atoms with Gasteiger partial charge in [-0.3, -0.25) is 4.79 Å².